The summed E-state index contributed by atoms with van der Waals surface area (Å²) < 4.78 is 0.805. The van der Waals surface area contributed by atoms with Crippen LogP contribution in [0.1, 0.15) is 28.8 Å². The molecule has 1 heterocycles. The zero-order chi connectivity index (χ0) is 16.9. The molecule has 0 bridgehead atoms. The fourth-order valence-corrected chi connectivity index (χ4v) is 3.25. The number of carbonyl (C=O) groups is 2. The van der Waals surface area contributed by atoms with Crippen LogP contribution < -0.4 is 5.32 Å². The fraction of sp³-hybridized carbons (Fsp3) is 0.263. The molecule has 1 aliphatic heterocycles. The summed E-state index contributed by atoms with van der Waals surface area (Å²) in [6.07, 6.45) is 2.28. The molecule has 1 saturated heterocycles. The van der Waals surface area contributed by atoms with Gasteiger partial charge in [0.15, 0.2) is 5.78 Å². The van der Waals surface area contributed by atoms with Crippen LogP contribution >= 0.6 is 15.9 Å². The Labute approximate surface area is 150 Å². The zero-order valence-corrected chi connectivity index (χ0v) is 14.9. The van der Waals surface area contributed by atoms with E-state index in [0.29, 0.717) is 23.4 Å². The Morgan fingerprint density at radius 1 is 1.04 bits per heavy atom. The number of ketones is 1. The number of halogens is 1. The summed E-state index contributed by atoms with van der Waals surface area (Å²) in [4.78, 5) is 27.2. The number of amides is 1. The Balaban J connectivity index is 1.80. The topological polar surface area (TPSA) is 49.4 Å². The second-order valence-electron chi connectivity index (χ2n) is 5.92. The van der Waals surface area contributed by atoms with Crippen LogP contribution in [0.5, 0.6) is 0 Å². The monoisotopic (exact) mass is 386 g/mol. The van der Waals surface area contributed by atoms with Crippen molar-refractivity contribution in [2.24, 2.45) is 0 Å². The van der Waals surface area contributed by atoms with Crippen molar-refractivity contribution in [3.8, 4) is 0 Å². The van der Waals surface area contributed by atoms with Crippen molar-refractivity contribution in [1.29, 1.82) is 0 Å². The number of hydrogen-bond acceptors (Lipinski definition) is 3. The molecule has 2 aromatic rings. The number of nitrogens with one attached hydrogen (secondary N) is 1. The number of anilines is 1. The minimum atomic E-state index is -0.103. The standard InChI is InChI=1S/C19H19BrN2O2/c20-15-8-9-17(21-18(23)13-22-10-4-5-11-22)16(12-15)19(24)14-6-2-1-3-7-14/h1-3,6-9,12H,4-5,10-11,13H2,(H,21,23). The van der Waals surface area contributed by atoms with Crippen molar-refractivity contribution in [3.05, 3.63) is 64.1 Å². The molecule has 0 radical (unpaired) electrons. The molecule has 0 saturated carbocycles. The molecular weight excluding hydrogens is 368 g/mol. The van der Waals surface area contributed by atoms with E-state index in [-0.39, 0.29) is 11.7 Å². The van der Waals surface area contributed by atoms with Crippen LogP contribution in [-0.4, -0.2) is 36.2 Å². The lowest BCUT2D eigenvalue weighted by Crippen LogP contribution is -2.31. The molecule has 124 valence electrons. The molecule has 1 fully saturated rings. The van der Waals surface area contributed by atoms with Crippen LogP contribution in [0.3, 0.4) is 0 Å². The van der Waals surface area contributed by atoms with E-state index in [1.165, 1.54) is 0 Å². The number of benzene rings is 2. The average Bonchev–Trinajstić information content (AvgIpc) is 3.09. The SMILES string of the molecule is O=C(CN1CCCC1)Nc1ccc(Br)cc1C(=O)c1ccccc1. The Kier molecular flexibility index (Phi) is 5.43. The molecule has 24 heavy (non-hydrogen) atoms. The molecule has 1 amide bonds. The molecule has 1 aliphatic rings. The molecule has 1 N–H and O–H groups in total. The van der Waals surface area contributed by atoms with Gasteiger partial charge in [-0.05, 0) is 44.1 Å². The van der Waals surface area contributed by atoms with Gasteiger partial charge in [0, 0.05) is 15.6 Å². The van der Waals surface area contributed by atoms with Gasteiger partial charge in [-0.1, -0.05) is 46.3 Å². The van der Waals surface area contributed by atoms with E-state index >= 15 is 0 Å². The molecule has 0 aliphatic carbocycles. The summed E-state index contributed by atoms with van der Waals surface area (Å²) in [5.74, 6) is -0.185. The maximum Gasteiger partial charge on any atom is 0.238 e. The van der Waals surface area contributed by atoms with Crippen molar-refractivity contribution >= 4 is 33.3 Å². The third kappa shape index (κ3) is 4.10. The van der Waals surface area contributed by atoms with Gasteiger partial charge in [0.25, 0.3) is 0 Å². The minimum Gasteiger partial charge on any atom is -0.324 e. The van der Waals surface area contributed by atoms with Crippen molar-refractivity contribution < 1.29 is 9.59 Å². The lowest BCUT2D eigenvalue weighted by molar-refractivity contribution is -0.117. The zero-order valence-electron chi connectivity index (χ0n) is 13.3. The van der Waals surface area contributed by atoms with E-state index in [2.05, 4.69) is 26.1 Å². The third-order valence-electron chi connectivity index (χ3n) is 4.10. The van der Waals surface area contributed by atoms with Crippen molar-refractivity contribution in [3.63, 3.8) is 0 Å². The first-order valence-electron chi connectivity index (χ1n) is 8.05. The fourth-order valence-electron chi connectivity index (χ4n) is 2.89. The normalized spacial score (nSPS) is 14.5. The Bertz CT molecular complexity index is 740. The number of rotatable bonds is 5. The molecule has 0 unspecified atom stereocenters. The molecule has 3 rings (SSSR count). The van der Waals surface area contributed by atoms with Gasteiger partial charge in [-0.3, -0.25) is 14.5 Å². The van der Waals surface area contributed by atoms with E-state index < -0.39 is 0 Å². The van der Waals surface area contributed by atoms with Crippen LogP contribution in [0, 0.1) is 0 Å². The molecule has 2 aromatic carbocycles. The molecule has 5 heteroatoms. The summed E-state index contributed by atoms with van der Waals surface area (Å²) in [5, 5.41) is 2.89. The van der Waals surface area contributed by atoms with Gasteiger partial charge in [-0.2, -0.15) is 0 Å². The van der Waals surface area contributed by atoms with Gasteiger partial charge >= 0.3 is 0 Å². The summed E-state index contributed by atoms with van der Waals surface area (Å²) in [5.41, 5.74) is 1.65. The summed E-state index contributed by atoms with van der Waals surface area (Å²) in [6, 6.07) is 14.4. The first-order chi connectivity index (χ1) is 11.6. The summed E-state index contributed by atoms with van der Waals surface area (Å²) in [6.45, 7) is 2.29. The van der Waals surface area contributed by atoms with E-state index in [9.17, 15) is 9.59 Å². The molecule has 0 aromatic heterocycles. The van der Waals surface area contributed by atoms with Gasteiger partial charge in [0.2, 0.25) is 5.91 Å². The smallest absolute Gasteiger partial charge is 0.238 e. The third-order valence-corrected chi connectivity index (χ3v) is 4.60. The maximum absolute atomic E-state index is 12.8. The van der Waals surface area contributed by atoms with Crippen LogP contribution in [0.25, 0.3) is 0 Å². The van der Waals surface area contributed by atoms with Gasteiger partial charge in [-0.25, -0.2) is 0 Å². The van der Waals surface area contributed by atoms with Crippen molar-refractivity contribution in [1.82, 2.24) is 4.90 Å². The van der Waals surface area contributed by atoms with Gasteiger partial charge in [-0.15, -0.1) is 0 Å². The predicted molar refractivity (Wildman–Crippen MR) is 98.3 cm³/mol. The minimum absolute atomic E-state index is 0.0821. The second-order valence-corrected chi connectivity index (χ2v) is 6.83. The van der Waals surface area contributed by atoms with E-state index in [1.807, 2.05) is 24.3 Å². The number of nitrogens with zero attached hydrogens (tertiary/aromatic N) is 1. The molecule has 4 nitrogen and oxygen atoms in total. The number of carbonyl (C=O) groups excluding carboxylic acids is 2. The van der Waals surface area contributed by atoms with E-state index in [4.69, 9.17) is 0 Å². The lowest BCUT2D eigenvalue weighted by atomic mass is 10.0. The maximum atomic E-state index is 12.8. The summed E-state index contributed by atoms with van der Waals surface area (Å²) in [7, 11) is 0. The van der Waals surface area contributed by atoms with Crippen molar-refractivity contribution in [2.75, 3.05) is 25.0 Å². The van der Waals surface area contributed by atoms with Crippen molar-refractivity contribution in [2.45, 2.75) is 12.8 Å². The van der Waals surface area contributed by atoms with Crippen LogP contribution in [0.4, 0.5) is 5.69 Å². The molecule has 0 atom stereocenters. The Morgan fingerprint density at radius 2 is 1.75 bits per heavy atom. The van der Waals surface area contributed by atoms with Crippen LogP contribution in [-0.2, 0) is 4.79 Å². The van der Waals surface area contributed by atoms with E-state index in [0.717, 1.165) is 30.4 Å². The lowest BCUT2D eigenvalue weighted by Gasteiger charge is -2.16. The largest absolute Gasteiger partial charge is 0.324 e. The first-order valence-corrected chi connectivity index (χ1v) is 8.84. The average molecular weight is 387 g/mol. The summed E-state index contributed by atoms with van der Waals surface area (Å²) >= 11 is 3.40. The number of hydrogen-bond donors (Lipinski definition) is 1. The Morgan fingerprint density at radius 3 is 2.46 bits per heavy atom. The quantitative estimate of drug-likeness (QED) is 0.796. The van der Waals surface area contributed by atoms with Crippen LogP contribution in [0.15, 0.2) is 53.0 Å². The van der Waals surface area contributed by atoms with Crippen LogP contribution in [0.2, 0.25) is 0 Å². The second kappa shape index (κ2) is 7.73. The highest BCUT2D eigenvalue weighted by Gasteiger charge is 2.18. The first kappa shape index (κ1) is 16.9. The van der Waals surface area contributed by atoms with E-state index in [1.54, 1.807) is 24.3 Å². The highest BCUT2D eigenvalue weighted by Crippen LogP contribution is 2.24. The molecular formula is C19H19BrN2O2. The highest BCUT2D eigenvalue weighted by atomic mass is 79.9. The predicted octanol–water partition coefficient (Wildman–Crippen LogP) is 3.71. The van der Waals surface area contributed by atoms with Gasteiger partial charge in [0.1, 0.15) is 0 Å². The highest BCUT2D eigenvalue weighted by molar-refractivity contribution is 9.10. The van der Waals surface area contributed by atoms with Gasteiger partial charge in [0.05, 0.1) is 12.2 Å². The molecule has 0 spiro atoms. The Hall–Kier alpha value is -1.98. The van der Waals surface area contributed by atoms with Gasteiger partial charge < -0.3 is 5.32 Å². The number of likely N-dealkylation sites (tertiary alicyclic amines) is 1.